The van der Waals surface area contributed by atoms with Crippen molar-refractivity contribution >= 4 is 10.0 Å². The average Bonchev–Trinajstić information content (AvgIpc) is 2.55. The first-order valence-corrected chi connectivity index (χ1v) is 10.1. The van der Waals surface area contributed by atoms with Gasteiger partial charge in [-0.05, 0) is 37.2 Å². The zero-order valence-electron chi connectivity index (χ0n) is 13.3. The number of sulfonamides is 1. The van der Waals surface area contributed by atoms with Crippen molar-refractivity contribution in [2.75, 3.05) is 32.4 Å². The van der Waals surface area contributed by atoms with Gasteiger partial charge in [0.25, 0.3) is 0 Å². The summed E-state index contributed by atoms with van der Waals surface area (Å²) in [6, 6.07) is 11.5. The minimum absolute atomic E-state index is 0.640. The van der Waals surface area contributed by atoms with Crippen LogP contribution in [0.4, 0.5) is 0 Å². The number of hydrogen-bond acceptors (Lipinski definition) is 3. The van der Waals surface area contributed by atoms with Crippen molar-refractivity contribution in [1.29, 1.82) is 0 Å². The van der Waals surface area contributed by atoms with Crippen molar-refractivity contribution in [3.63, 3.8) is 0 Å². The van der Waals surface area contributed by atoms with Crippen molar-refractivity contribution < 1.29 is 8.42 Å². The summed E-state index contributed by atoms with van der Waals surface area (Å²) in [5.74, 6) is 0.703. The summed E-state index contributed by atoms with van der Waals surface area (Å²) in [4.78, 5) is 2.50. The molecule has 3 rings (SSSR count). The summed E-state index contributed by atoms with van der Waals surface area (Å²) < 4.78 is 24.8. The van der Waals surface area contributed by atoms with Gasteiger partial charge in [0.05, 0.1) is 6.26 Å². The Balaban J connectivity index is 1.51. The molecule has 1 aromatic rings. The van der Waals surface area contributed by atoms with Gasteiger partial charge in [0.1, 0.15) is 0 Å². The highest BCUT2D eigenvalue weighted by molar-refractivity contribution is 7.88. The molecule has 2 fully saturated rings. The summed E-state index contributed by atoms with van der Waals surface area (Å²) in [7, 11) is -3.02. The lowest BCUT2D eigenvalue weighted by atomic mass is 9.81. The first-order chi connectivity index (χ1) is 10.5. The van der Waals surface area contributed by atoms with Crippen molar-refractivity contribution in [3.8, 4) is 0 Å². The van der Waals surface area contributed by atoms with Gasteiger partial charge in [-0.15, -0.1) is 0 Å². The fourth-order valence-corrected chi connectivity index (χ4v) is 4.73. The molecule has 1 heterocycles. The predicted octanol–water partition coefficient (Wildman–Crippen LogP) is 2.29. The summed E-state index contributed by atoms with van der Waals surface area (Å²) in [5, 5.41) is 0. The lowest BCUT2D eigenvalue weighted by molar-refractivity contribution is 0.107. The molecule has 1 aromatic carbocycles. The number of hydrogen-bond donors (Lipinski definition) is 0. The lowest BCUT2D eigenvalue weighted by Gasteiger charge is -2.41. The van der Waals surface area contributed by atoms with Crippen LogP contribution in [-0.4, -0.2) is 56.1 Å². The van der Waals surface area contributed by atoms with Crippen LogP contribution in [0.3, 0.4) is 0 Å². The van der Waals surface area contributed by atoms with Gasteiger partial charge in [-0.1, -0.05) is 30.3 Å². The van der Waals surface area contributed by atoms with E-state index in [0.29, 0.717) is 25.0 Å². The van der Waals surface area contributed by atoms with Crippen molar-refractivity contribution in [1.82, 2.24) is 9.21 Å². The van der Waals surface area contributed by atoms with Crippen molar-refractivity contribution in [3.05, 3.63) is 35.9 Å². The summed E-state index contributed by atoms with van der Waals surface area (Å²) in [5.41, 5.74) is 1.47. The Kier molecular flexibility index (Phi) is 4.85. The van der Waals surface area contributed by atoms with Gasteiger partial charge >= 0.3 is 0 Å². The van der Waals surface area contributed by atoms with Crippen molar-refractivity contribution in [2.45, 2.75) is 37.6 Å². The van der Waals surface area contributed by atoms with Crippen LogP contribution in [0.2, 0.25) is 0 Å². The molecule has 22 heavy (non-hydrogen) atoms. The fraction of sp³-hybridized carbons (Fsp3) is 0.647. The van der Waals surface area contributed by atoms with Gasteiger partial charge < -0.3 is 0 Å². The maximum Gasteiger partial charge on any atom is 0.211 e. The van der Waals surface area contributed by atoms with E-state index >= 15 is 0 Å². The Morgan fingerprint density at radius 2 is 1.50 bits per heavy atom. The van der Waals surface area contributed by atoms with E-state index < -0.39 is 10.0 Å². The molecule has 1 aliphatic heterocycles. The first kappa shape index (κ1) is 16.0. The Morgan fingerprint density at radius 1 is 0.909 bits per heavy atom. The van der Waals surface area contributed by atoms with E-state index in [4.69, 9.17) is 0 Å². The van der Waals surface area contributed by atoms with E-state index in [9.17, 15) is 8.42 Å². The Bertz CT molecular complexity index is 572. The second-order valence-corrected chi connectivity index (χ2v) is 8.60. The van der Waals surface area contributed by atoms with Crippen LogP contribution in [0.1, 0.15) is 37.2 Å². The highest BCUT2D eigenvalue weighted by Crippen LogP contribution is 2.34. The van der Waals surface area contributed by atoms with E-state index in [2.05, 4.69) is 35.2 Å². The second kappa shape index (κ2) is 6.69. The quantitative estimate of drug-likeness (QED) is 0.857. The van der Waals surface area contributed by atoms with Crippen LogP contribution in [-0.2, 0) is 10.0 Å². The Morgan fingerprint density at radius 3 is 2.05 bits per heavy atom. The van der Waals surface area contributed by atoms with E-state index in [1.165, 1.54) is 37.5 Å². The van der Waals surface area contributed by atoms with Gasteiger partial charge in [0.2, 0.25) is 10.0 Å². The third-order valence-electron chi connectivity index (χ3n) is 5.23. The molecule has 0 radical (unpaired) electrons. The zero-order valence-corrected chi connectivity index (χ0v) is 14.1. The third-order valence-corrected chi connectivity index (χ3v) is 6.53. The topological polar surface area (TPSA) is 40.6 Å². The molecule has 0 amide bonds. The average molecular weight is 322 g/mol. The third kappa shape index (κ3) is 3.70. The van der Waals surface area contributed by atoms with E-state index in [1.807, 2.05) is 0 Å². The molecule has 5 heteroatoms. The largest absolute Gasteiger partial charge is 0.298 e. The summed E-state index contributed by atoms with van der Waals surface area (Å²) >= 11 is 0. The lowest BCUT2D eigenvalue weighted by Crippen LogP contribution is -2.52. The van der Waals surface area contributed by atoms with Crippen LogP contribution >= 0.6 is 0 Å². The molecule has 0 atom stereocenters. The molecular weight excluding hydrogens is 296 g/mol. The molecule has 0 unspecified atom stereocenters. The highest BCUT2D eigenvalue weighted by Gasteiger charge is 2.30. The number of benzene rings is 1. The minimum atomic E-state index is -3.02. The molecule has 2 aliphatic rings. The number of nitrogens with zero attached hydrogens (tertiary/aromatic N) is 2. The van der Waals surface area contributed by atoms with Crippen LogP contribution < -0.4 is 0 Å². The molecule has 1 saturated carbocycles. The summed E-state index contributed by atoms with van der Waals surface area (Å²) in [6.45, 7) is 3.07. The Hall–Kier alpha value is -0.910. The molecule has 1 saturated heterocycles. The predicted molar refractivity (Wildman–Crippen MR) is 89.4 cm³/mol. The molecule has 122 valence electrons. The van der Waals surface area contributed by atoms with Crippen LogP contribution in [0, 0.1) is 0 Å². The van der Waals surface area contributed by atoms with Crippen LogP contribution in [0.25, 0.3) is 0 Å². The SMILES string of the molecule is CS(=O)(=O)N1CCN(C2CCC(c3ccccc3)CC2)CC1. The standard InChI is InChI=1S/C17H26N2O2S/c1-22(20,21)19-13-11-18(12-14-19)17-9-7-16(8-10-17)15-5-3-2-4-6-15/h2-6,16-17H,7-14H2,1H3. The molecule has 0 spiro atoms. The summed E-state index contributed by atoms with van der Waals surface area (Å²) in [6.07, 6.45) is 6.28. The molecule has 1 aliphatic carbocycles. The highest BCUT2D eigenvalue weighted by atomic mass is 32.2. The van der Waals surface area contributed by atoms with Gasteiger partial charge in [-0.3, -0.25) is 4.90 Å². The van der Waals surface area contributed by atoms with E-state index in [1.54, 1.807) is 4.31 Å². The van der Waals surface area contributed by atoms with E-state index in [0.717, 1.165) is 13.1 Å². The smallest absolute Gasteiger partial charge is 0.211 e. The number of rotatable bonds is 3. The monoisotopic (exact) mass is 322 g/mol. The second-order valence-electron chi connectivity index (χ2n) is 6.61. The fourth-order valence-electron chi connectivity index (χ4n) is 3.90. The van der Waals surface area contributed by atoms with E-state index in [-0.39, 0.29) is 0 Å². The van der Waals surface area contributed by atoms with Gasteiger partial charge in [-0.2, -0.15) is 4.31 Å². The Labute approximate surface area is 134 Å². The van der Waals surface area contributed by atoms with Crippen LogP contribution in [0.5, 0.6) is 0 Å². The number of piperazine rings is 1. The molecular formula is C17H26N2O2S. The van der Waals surface area contributed by atoms with Gasteiger partial charge in [0, 0.05) is 32.2 Å². The molecule has 0 bridgehead atoms. The zero-order chi connectivity index (χ0) is 15.6. The molecule has 0 aromatic heterocycles. The van der Waals surface area contributed by atoms with Gasteiger partial charge in [-0.25, -0.2) is 8.42 Å². The van der Waals surface area contributed by atoms with Gasteiger partial charge in [0.15, 0.2) is 0 Å². The maximum absolute atomic E-state index is 11.6. The normalized spacial score (nSPS) is 28.6. The first-order valence-electron chi connectivity index (χ1n) is 8.28. The minimum Gasteiger partial charge on any atom is -0.298 e. The maximum atomic E-state index is 11.6. The van der Waals surface area contributed by atoms with Crippen molar-refractivity contribution in [2.24, 2.45) is 0 Å². The molecule has 0 N–H and O–H groups in total. The molecule has 4 nitrogen and oxygen atoms in total. The van der Waals surface area contributed by atoms with Crippen LogP contribution in [0.15, 0.2) is 30.3 Å².